The minimum atomic E-state index is -1.02. The molecule has 0 atom stereocenters. The molecule has 6 heteroatoms. The summed E-state index contributed by atoms with van der Waals surface area (Å²) in [4.78, 5) is 25.8. The Morgan fingerprint density at radius 3 is 2.38 bits per heavy atom. The number of methoxy groups -OCH3 is 2. The smallest absolute Gasteiger partial charge is 0.335 e. The second-order valence-electron chi connectivity index (χ2n) is 6.18. The maximum Gasteiger partial charge on any atom is 0.335 e. The van der Waals surface area contributed by atoms with Crippen LogP contribution in [0.3, 0.4) is 0 Å². The second kappa shape index (κ2) is 7.47. The van der Waals surface area contributed by atoms with Crippen LogP contribution >= 0.6 is 0 Å². The van der Waals surface area contributed by atoms with E-state index in [9.17, 15) is 14.7 Å². The quantitative estimate of drug-likeness (QED) is 0.892. The van der Waals surface area contributed by atoms with Gasteiger partial charge >= 0.3 is 5.97 Å². The molecule has 2 aromatic carbocycles. The molecule has 3 rings (SSSR count). The molecule has 0 radical (unpaired) electrons. The number of nitrogens with zero attached hydrogens (tertiary/aromatic N) is 1. The summed E-state index contributed by atoms with van der Waals surface area (Å²) in [6.07, 6.45) is 0.799. The third-order valence-corrected chi connectivity index (χ3v) is 4.66. The summed E-state index contributed by atoms with van der Waals surface area (Å²) < 4.78 is 10.7. The summed E-state index contributed by atoms with van der Waals surface area (Å²) in [5, 5.41) is 9.28. The molecule has 0 spiro atoms. The summed E-state index contributed by atoms with van der Waals surface area (Å²) in [5.74, 6) is 0.214. The monoisotopic (exact) mass is 355 g/mol. The van der Waals surface area contributed by atoms with Crippen LogP contribution in [-0.2, 0) is 24.2 Å². The minimum absolute atomic E-state index is 0.0745. The first-order valence-corrected chi connectivity index (χ1v) is 8.36. The maximum atomic E-state index is 12.7. The van der Waals surface area contributed by atoms with Gasteiger partial charge in [-0.3, -0.25) is 4.79 Å². The Balaban J connectivity index is 1.78. The lowest BCUT2D eigenvalue weighted by atomic mass is 9.97. The van der Waals surface area contributed by atoms with Crippen molar-refractivity contribution in [1.29, 1.82) is 0 Å². The summed E-state index contributed by atoms with van der Waals surface area (Å²) in [7, 11) is 3.18. The number of amides is 1. The van der Waals surface area contributed by atoms with Gasteiger partial charge in [-0.15, -0.1) is 0 Å². The first-order chi connectivity index (χ1) is 12.5. The number of ether oxygens (including phenoxy) is 2. The number of aromatic carboxylic acids is 1. The molecule has 1 N–H and O–H groups in total. The normalized spacial score (nSPS) is 13.1. The third kappa shape index (κ3) is 3.49. The number of carboxylic acid groups (broad SMARTS) is 1. The molecule has 136 valence electrons. The van der Waals surface area contributed by atoms with E-state index in [-0.39, 0.29) is 17.9 Å². The number of fused-ring (bicyclic) bond motifs is 1. The van der Waals surface area contributed by atoms with Crippen molar-refractivity contribution in [3.8, 4) is 11.5 Å². The molecule has 2 aromatic rings. The maximum absolute atomic E-state index is 12.7. The highest BCUT2D eigenvalue weighted by Gasteiger charge is 2.24. The lowest BCUT2D eigenvalue weighted by Gasteiger charge is -2.30. The average molecular weight is 355 g/mol. The first kappa shape index (κ1) is 17.8. The van der Waals surface area contributed by atoms with E-state index in [0.29, 0.717) is 30.2 Å². The van der Waals surface area contributed by atoms with Gasteiger partial charge in [0.05, 0.1) is 26.2 Å². The number of benzene rings is 2. The lowest BCUT2D eigenvalue weighted by molar-refractivity contribution is -0.131. The van der Waals surface area contributed by atoms with E-state index < -0.39 is 5.97 Å². The van der Waals surface area contributed by atoms with Crippen molar-refractivity contribution >= 4 is 11.9 Å². The Hall–Kier alpha value is -3.02. The number of carbonyl (C=O) groups is 2. The van der Waals surface area contributed by atoms with Gasteiger partial charge in [-0.25, -0.2) is 4.79 Å². The van der Waals surface area contributed by atoms with Crippen molar-refractivity contribution < 1.29 is 24.2 Å². The molecule has 1 heterocycles. The molecule has 1 aliphatic heterocycles. The van der Waals surface area contributed by atoms with E-state index >= 15 is 0 Å². The van der Waals surface area contributed by atoms with E-state index in [1.54, 1.807) is 37.3 Å². The number of hydrogen-bond acceptors (Lipinski definition) is 4. The molecule has 0 aliphatic carbocycles. The molecular formula is C20H21NO5. The fourth-order valence-corrected chi connectivity index (χ4v) is 3.25. The van der Waals surface area contributed by atoms with Crippen LogP contribution in [0.15, 0.2) is 36.4 Å². The third-order valence-electron chi connectivity index (χ3n) is 4.66. The SMILES string of the molecule is COc1cc2c(cc1OC)CN(C(=O)Cc1ccccc1C(=O)O)CC2. The highest BCUT2D eigenvalue weighted by molar-refractivity contribution is 5.91. The Labute approximate surface area is 152 Å². The molecule has 0 bridgehead atoms. The molecule has 6 nitrogen and oxygen atoms in total. The molecule has 0 saturated carbocycles. The van der Waals surface area contributed by atoms with Crippen molar-refractivity contribution in [2.75, 3.05) is 20.8 Å². The van der Waals surface area contributed by atoms with Gasteiger partial charge in [0.15, 0.2) is 11.5 Å². The minimum Gasteiger partial charge on any atom is -0.493 e. The van der Waals surface area contributed by atoms with Crippen LogP contribution in [0.4, 0.5) is 0 Å². The van der Waals surface area contributed by atoms with Gasteiger partial charge in [-0.05, 0) is 41.3 Å². The number of rotatable bonds is 5. The Kier molecular flexibility index (Phi) is 5.11. The molecule has 0 aromatic heterocycles. The Bertz CT molecular complexity index is 846. The summed E-state index contributed by atoms with van der Waals surface area (Å²) in [5.41, 5.74) is 2.86. The summed E-state index contributed by atoms with van der Waals surface area (Å²) >= 11 is 0. The van der Waals surface area contributed by atoms with E-state index in [0.717, 1.165) is 17.5 Å². The van der Waals surface area contributed by atoms with Crippen molar-refractivity contribution in [3.05, 3.63) is 58.7 Å². The zero-order valence-electron chi connectivity index (χ0n) is 14.8. The van der Waals surface area contributed by atoms with Gasteiger partial charge in [0.1, 0.15) is 0 Å². The molecule has 1 aliphatic rings. The average Bonchev–Trinajstić information content (AvgIpc) is 2.66. The Morgan fingerprint density at radius 2 is 1.73 bits per heavy atom. The van der Waals surface area contributed by atoms with Crippen molar-refractivity contribution in [2.24, 2.45) is 0 Å². The zero-order valence-corrected chi connectivity index (χ0v) is 14.8. The van der Waals surface area contributed by atoms with Gasteiger partial charge in [-0.1, -0.05) is 18.2 Å². The Morgan fingerprint density at radius 1 is 1.08 bits per heavy atom. The van der Waals surface area contributed by atoms with Crippen LogP contribution in [0.1, 0.15) is 27.0 Å². The molecule has 26 heavy (non-hydrogen) atoms. The fraction of sp³-hybridized carbons (Fsp3) is 0.300. The molecule has 0 unspecified atom stereocenters. The fourth-order valence-electron chi connectivity index (χ4n) is 3.25. The second-order valence-corrected chi connectivity index (χ2v) is 6.18. The van der Waals surface area contributed by atoms with Gasteiger partial charge in [0, 0.05) is 13.1 Å². The largest absolute Gasteiger partial charge is 0.493 e. The number of hydrogen-bond donors (Lipinski definition) is 1. The van der Waals surface area contributed by atoms with Gasteiger partial charge in [0.25, 0.3) is 0 Å². The summed E-state index contributed by atoms with van der Waals surface area (Å²) in [6, 6.07) is 10.5. The first-order valence-electron chi connectivity index (χ1n) is 8.36. The van der Waals surface area contributed by atoms with Crippen molar-refractivity contribution in [2.45, 2.75) is 19.4 Å². The van der Waals surface area contributed by atoms with Crippen molar-refractivity contribution in [3.63, 3.8) is 0 Å². The predicted octanol–water partition coefficient (Wildman–Crippen LogP) is 2.53. The van der Waals surface area contributed by atoms with Gasteiger partial charge in [0.2, 0.25) is 5.91 Å². The van der Waals surface area contributed by atoms with Crippen LogP contribution in [0, 0.1) is 0 Å². The number of carbonyl (C=O) groups excluding carboxylic acids is 1. The van der Waals surface area contributed by atoms with E-state index in [1.807, 2.05) is 12.1 Å². The molecule has 1 amide bonds. The van der Waals surface area contributed by atoms with Crippen LogP contribution in [0.5, 0.6) is 11.5 Å². The topological polar surface area (TPSA) is 76.1 Å². The predicted molar refractivity (Wildman–Crippen MR) is 95.8 cm³/mol. The van der Waals surface area contributed by atoms with E-state index in [2.05, 4.69) is 0 Å². The standard InChI is InChI=1S/C20H21NO5/c1-25-17-9-13-7-8-21(12-15(13)10-18(17)26-2)19(22)11-14-5-3-4-6-16(14)20(23)24/h3-6,9-10H,7-8,11-12H2,1-2H3,(H,23,24). The molecule has 0 fully saturated rings. The summed E-state index contributed by atoms with van der Waals surface area (Å²) in [6.45, 7) is 1.07. The molecule has 0 saturated heterocycles. The van der Waals surface area contributed by atoms with Crippen LogP contribution < -0.4 is 9.47 Å². The molecular weight excluding hydrogens is 334 g/mol. The van der Waals surface area contributed by atoms with E-state index in [4.69, 9.17) is 9.47 Å². The zero-order chi connectivity index (χ0) is 18.7. The van der Waals surface area contributed by atoms with Gasteiger partial charge < -0.3 is 19.5 Å². The number of carboxylic acids is 1. The van der Waals surface area contributed by atoms with Crippen molar-refractivity contribution in [1.82, 2.24) is 4.90 Å². The highest BCUT2D eigenvalue weighted by atomic mass is 16.5. The van der Waals surface area contributed by atoms with Crippen LogP contribution in [0.2, 0.25) is 0 Å². The van der Waals surface area contributed by atoms with E-state index in [1.165, 1.54) is 6.07 Å². The van der Waals surface area contributed by atoms with Gasteiger partial charge in [-0.2, -0.15) is 0 Å². The van der Waals surface area contributed by atoms with Crippen LogP contribution in [-0.4, -0.2) is 42.6 Å². The lowest BCUT2D eigenvalue weighted by Crippen LogP contribution is -2.37. The van der Waals surface area contributed by atoms with Crippen LogP contribution in [0.25, 0.3) is 0 Å². The highest BCUT2D eigenvalue weighted by Crippen LogP contribution is 2.33.